The molecule has 0 atom stereocenters. The minimum Gasteiger partial charge on any atom is -0.278 e. The van der Waals surface area contributed by atoms with Gasteiger partial charge in [0.2, 0.25) is 5.95 Å². The van der Waals surface area contributed by atoms with Gasteiger partial charge < -0.3 is 0 Å². The predicted molar refractivity (Wildman–Crippen MR) is 246 cm³/mol. The molecule has 3 heterocycles. The lowest BCUT2D eigenvalue weighted by atomic mass is 9.96. The molecule has 270 valence electrons. The Kier molecular flexibility index (Phi) is 7.40. The maximum absolute atomic E-state index is 5.38. The van der Waals surface area contributed by atoms with Crippen molar-refractivity contribution >= 4 is 75.0 Å². The molecule has 0 N–H and O–H groups in total. The Balaban J connectivity index is 0.979. The smallest absolute Gasteiger partial charge is 0.235 e. The highest BCUT2D eigenvalue weighted by molar-refractivity contribution is 7.25. The molecule has 12 rings (SSSR count). The van der Waals surface area contributed by atoms with E-state index >= 15 is 0 Å². The first-order valence-corrected chi connectivity index (χ1v) is 20.5. The number of fused-ring (bicyclic) bond motifs is 9. The summed E-state index contributed by atoms with van der Waals surface area (Å²) in [6, 6.07) is 72.1. The van der Waals surface area contributed by atoms with Gasteiger partial charge in [-0.05, 0) is 86.6 Å². The highest BCUT2D eigenvalue weighted by atomic mass is 32.1. The molecule has 0 aliphatic rings. The summed E-state index contributed by atoms with van der Waals surface area (Å²) in [6.45, 7) is 0. The van der Waals surface area contributed by atoms with Crippen LogP contribution in [-0.4, -0.2) is 14.5 Å². The van der Waals surface area contributed by atoms with Crippen molar-refractivity contribution in [1.82, 2.24) is 14.5 Å². The van der Waals surface area contributed by atoms with Crippen LogP contribution in [0.5, 0.6) is 0 Å². The average molecular weight is 756 g/mol. The van der Waals surface area contributed by atoms with Crippen LogP contribution in [-0.2, 0) is 0 Å². The van der Waals surface area contributed by atoms with Crippen LogP contribution < -0.4 is 0 Å². The van der Waals surface area contributed by atoms with Crippen molar-refractivity contribution in [2.75, 3.05) is 0 Å². The summed E-state index contributed by atoms with van der Waals surface area (Å²) in [7, 11) is 0. The SMILES string of the molecule is c1ccc(-c2ccc(-c3nc(-n4c5ccccc5c5c6cc(-c7ccc(-c8ccc9sc%10ccccc%10c9c8)cc7)ccc6ccc54)nc4ccccc34)cc2)cc1. The second-order valence-corrected chi connectivity index (χ2v) is 16.1. The molecule has 4 heteroatoms. The van der Waals surface area contributed by atoms with Gasteiger partial charge >= 0.3 is 0 Å². The Labute approximate surface area is 338 Å². The molecule has 0 aliphatic heterocycles. The first-order valence-electron chi connectivity index (χ1n) is 19.6. The van der Waals surface area contributed by atoms with Gasteiger partial charge in [0, 0.05) is 41.9 Å². The van der Waals surface area contributed by atoms with Crippen LogP contribution in [0.4, 0.5) is 0 Å². The summed E-state index contributed by atoms with van der Waals surface area (Å²) in [5.74, 6) is 0.659. The molecule has 58 heavy (non-hydrogen) atoms. The highest BCUT2D eigenvalue weighted by Crippen LogP contribution is 2.40. The third-order valence-electron chi connectivity index (χ3n) is 11.6. The summed E-state index contributed by atoms with van der Waals surface area (Å²) in [6.07, 6.45) is 0. The van der Waals surface area contributed by atoms with E-state index in [1.54, 1.807) is 0 Å². The summed E-state index contributed by atoms with van der Waals surface area (Å²) >= 11 is 1.86. The molecule has 0 fully saturated rings. The first kappa shape index (κ1) is 32.8. The van der Waals surface area contributed by atoms with Crippen molar-refractivity contribution in [2.45, 2.75) is 0 Å². The minimum atomic E-state index is 0.659. The summed E-state index contributed by atoms with van der Waals surface area (Å²) in [5, 5.41) is 8.47. The molecule has 0 spiro atoms. The summed E-state index contributed by atoms with van der Waals surface area (Å²) < 4.78 is 4.90. The fraction of sp³-hybridized carbons (Fsp3) is 0. The molecule has 3 nitrogen and oxygen atoms in total. The summed E-state index contributed by atoms with van der Waals surface area (Å²) in [5.41, 5.74) is 12.2. The van der Waals surface area contributed by atoms with Gasteiger partial charge in [-0.1, -0.05) is 158 Å². The molecule has 0 saturated carbocycles. The third-order valence-corrected chi connectivity index (χ3v) is 12.8. The monoisotopic (exact) mass is 755 g/mol. The zero-order valence-electron chi connectivity index (χ0n) is 31.3. The van der Waals surface area contributed by atoms with Gasteiger partial charge in [0.25, 0.3) is 0 Å². The number of nitrogens with zero attached hydrogens (tertiary/aromatic N) is 3. The van der Waals surface area contributed by atoms with E-state index in [9.17, 15) is 0 Å². The van der Waals surface area contributed by atoms with E-state index in [1.165, 1.54) is 75.1 Å². The number of hydrogen-bond donors (Lipinski definition) is 0. The van der Waals surface area contributed by atoms with Gasteiger partial charge in [-0.25, -0.2) is 9.97 Å². The molecule has 0 aliphatic carbocycles. The Bertz CT molecular complexity index is 3540. The van der Waals surface area contributed by atoms with Crippen molar-refractivity contribution in [3.8, 4) is 50.6 Å². The van der Waals surface area contributed by atoms with Crippen molar-refractivity contribution in [1.29, 1.82) is 0 Å². The van der Waals surface area contributed by atoms with Crippen LogP contribution in [0.3, 0.4) is 0 Å². The molecular weight excluding hydrogens is 723 g/mol. The zero-order chi connectivity index (χ0) is 38.2. The standard InChI is InChI=1S/C54H33N3S/c1-2-10-34(11-3-1)35-22-25-39(26-23-35)53-43-13-4-7-15-47(43)55-54(56-53)57-48-16-8-5-14-44(48)52-45-32-40(27-24-38(45)28-30-49(52)57)36-18-20-37(21-19-36)41-29-31-51-46(33-41)42-12-6-9-17-50(42)58-51/h1-33H. The van der Waals surface area contributed by atoms with Crippen molar-refractivity contribution < 1.29 is 0 Å². The Morgan fingerprint density at radius 1 is 0.345 bits per heavy atom. The van der Waals surface area contributed by atoms with Gasteiger partial charge in [0.15, 0.2) is 0 Å². The van der Waals surface area contributed by atoms with E-state index in [-0.39, 0.29) is 0 Å². The molecule has 12 aromatic rings. The van der Waals surface area contributed by atoms with E-state index in [2.05, 4.69) is 205 Å². The Morgan fingerprint density at radius 3 is 1.69 bits per heavy atom. The Hall–Kier alpha value is -7.40. The maximum atomic E-state index is 5.38. The molecule has 0 bridgehead atoms. The lowest BCUT2D eigenvalue weighted by molar-refractivity contribution is 1.01. The van der Waals surface area contributed by atoms with Gasteiger partial charge in [0.05, 0.1) is 22.2 Å². The highest BCUT2D eigenvalue weighted by Gasteiger charge is 2.19. The number of aromatic nitrogens is 3. The minimum absolute atomic E-state index is 0.659. The van der Waals surface area contributed by atoms with Gasteiger partial charge in [0.1, 0.15) is 0 Å². The second kappa shape index (κ2) is 13.1. The van der Waals surface area contributed by atoms with Crippen molar-refractivity contribution in [3.63, 3.8) is 0 Å². The van der Waals surface area contributed by atoms with Crippen LogP contribution in [0, 0.1) is 0 Å². The van der Waals surface area contributed by atoms with Crippen LogP contribution >= 0.6 is 11.3 Å². The van der Waals surface area contributed by atoms with Crippen LogP contribution in [0.1, 0.15) is 0 Å². The van der Waals surface area contributed by atoms with Gasteiger partial charge in [-0.15, -0.1) is 11.3 Å². The molecule has 9 aromatic carbocycles. The average Bonchev–Trinajstić information content (AvgIpc) is 3.85. The van der Waals surface area contributed by atoms with E-state index in [4.69, 9.17) is 9.97 Å². The fourth-order valence-corrected chi connectivity index (χ4v) is 9.87. The van der Waals surface area contributed by atoms with E-state index in [0.29, 0.717) is 5.95 Å². The molecular formula is C54H33N3S. The van der Waals surface area contributed by atoms with Crippen LogP contribution in [0.2, 0.25) is 0 Å². The van der Waals surface area contributed by atoms with E-state index < -0.39 is 0 Å². The van der Waals surface area contributed by atoms with E-state index in [1.807, 2.05) is 11.3 Å². The third kappa shape index (κ3) is 5.27. The maximum Gasteiger partial charge on any atom is 0.235 e. The number of thiophene rings is 1. The van der Waals surface area contributed by atoms with Crippen LogP contribution in [0.25, 0.3) is 114 Å². The molecule has 0 radical (unpaired) electrons. The fourth-order valence-electron chi connectivity index (χ4n) is 8.78. The first-order chi connectivity index (χ1) is 28.7. The number of para-hydroxylation sites is 2. The quantitative estimate of drug-likeness (QED) is 0.175. The van der Waals surface area contributed by atoms with E-state index in [0.717, 1.165) is 33.2 Å². The van der Waals surface area contributed by atoms with Gasteiger partial charge in [-0.3, -0.25) is 4.57 Å². The Morgan fingerprint density at radius 2 is 0.897 bits per heavy atom. The number of rotatable bonds is 5. The normalized spacial score (nSPS) is 11.8. The van der Waals surface area contributed by atoms with Crippen LogP contribution in [0.15, 0.2) is 200 Å². The molecule has 3 aromatic heterocycles. The summed E-state index contributed by atoms with van der Waals surface area (Å²) in [4.78, 5) is 10.6. The molecule has 0 amide bonds. The number of benzene rings is 9. The lowest BCUT2D eigenvalue weighted by Gasteiger charge is -2.12. The topological polar surface area (TPSA) is 30.7 Å². The molecule has 0 unspecified atom stereocenters. The second-order valence-electron chi connectivity index (χ2n) is 15.0. The number of hydrogen-bond acceptors (Lipinski definition) is 3. The lowest BCUT2D eigenvalue weighted by Crippen LogP contribution is -2.03. The predicted octanol–water partition coefficient (Wildman–Crippen LogP) is 14.9. The van der Waals surface area contributed by atoms with Crippen molar-refractivity contribution in [2.24, 2.45) is 0 Å². The van der Waals surface area contributed by atoms with Gasteiger partial charge in [-0.2, -0.15) is 0 Å². The largest absolute Gasteiger partial charge is 0.278 e. The van der Waals surface area contributed by atoms with Crippen molar-refractivity contribution in [3.05, 3.63) is 200 Å². The zero-order valence-corrected chi connectivity index (χ0v) is 32.1. The molecule has 0 saturated heterocycles.